The summed E-state index contributed by atoms with van der Waals surface area (Å²) in [5.74, 6) is -0.516. The minimum Gasteiger partial charge on any atom is -0.399 e. The molecular weight excluding hydrogens is 231 g/mol. The van der Waals surface area contributed by atoms with Crippen LogP contribution in [0.3, 0.4) is 0 Å². The number of benzene rings is 1. The highest BCUT2D eigenvalue weighted by molar-refractivity contribution is 5.93. The van der Waals surface area contributed by atoms with E-state index in [9.17, 15) is 4.39 Å². The normalized spacial score (nSPS) is 10.7. The highest BCUT2D eigenvalue weighted by Gasteiger charge is 2.07. The van der Waals surface area contributed by atoms with Crippen LogP contribution in [0.2, 0.25) is 0 Å². The Morgan fingerprint density at radius 1 is 1.00 bits per heavy atom. The number of hydrogen-bond acceptors (Lipinski definition) is 4. The molecule has 2 N–H and O–H groups in total. The van der Waals surface area contributed by atoms with E-state index < -0.39 is 5.95 Å². The molecule has 2 heterocycles. The highest BCUT2D eigenvalue weighted by Crippen LogP contribution is 2.28. The SMILES string of the molecule is Nc1cc(-c2ccc(F)nc2)c2nccnc2c1. The summed E-state index contributed by atoms with van der Waals surface area (Å²) in [4.78, 5) is 12.1. The van der Waals surface area contributed by atoms with Crippen molar-refractivity contribution in [2.45, 2.75) is 0 Å². The average molecular weight is 240 g/mol. The van der Waals surface area contributed by atoms with E-state index in [0.29, 0.717) is 11.2 Å². The lowest BCUT2D eigenvalue weighted by molar-refractivity contribution is 0.584. The number of hydrogen-bond donors (Lipinski definition) is 1. The van der Waals surface area contributed by atoms with Gasteiger partial charge in [0, 0.05) is 35.4 Å². The van der Waals surface area contributed by atoms with Gasteiger partial charge in [0.25, 0.3) is 0 Å². The van der Waals surface area contributed by atoms with E-state index in [-0.39, 0.29) is 0 Å². The number of aromatic nitrogens is 3. The van der Waals surface area contributed by atoms with Gasteiger partial charge in [0.05, 0.1) is 11.0 Å². The number of nitrogens with two attached hydrogens (primary N) is 1. The summed E-state index contributed by atoms with van der Waals surface area (Å²) in [5, 5.41) is 0. The number of rotatable bonds is 1. The summed E-state index contributed by atoms with van der Waals surface area (Å²) in [6.45, 7) is 0. The summed E-state index contributed by atoms with van der Waals surface area (Å²) >= 11 is 0. The number of fused-ring (bicyclic) bond motifs is 1. The molecule has 0 aliphatic carbocycles. The lowest BCUT2D eigenvalue weighted by Crippen LogP contribution is -1.92. The molecule has 88 valence electrons. The van der Waals surface area contributed by atoms with E-state index in [2.05, 4.69) is 15.0 Å². The van der Waals surface area contributed by atoms with Crippen LogP contribution >= 0.6 is 0 Å². The molecule has 0 fully saturated rings. The molecule has 4 nitrogen and oxygen atoms in total. The molecule has 0 aliphatic rings. The standard InChI is InChI=1S/C13H9FN4/c14-12-2-1-8(7-18-12)10-5-9(15)6-11-13(10)17-4-3-16-11/h1-7H,15H2. The van der Waals surface area contributed by atoms with E-state index in [1.807, 2.05) is 0 Å². The molecule has 0 amide bonds. The number of nitrogen functional groups attached to an aromatic ring is 1. The first-order chi connectivity index (χ1) is 8.74. The molecule has 0 bridgehead atoms. The fraction of sp³-hybridized carbons (Fsp3) is 0. The first kappa shape index (κ1) is 10.6. The van der Waals surface area contributed by atoms with E-state index in [1.54, 1.807) is 30.6 Å². The lowest BCUT2D eigenvalue weighted by Gasteiger charge is -2.06. The van der Waals surface area contributed by atoms with Crippen molar-refractivity contribution in [3.63, 3.8) is 0 Å². The van der Waals surface area contributed by atoms with E-state index in [4.69, 9.17) is 5.73 Å². The number of pyridine rings is 1. The van der Waals surface area contributed by atoms with Gasteiger partial charge in [-0.2, -0.15) is 4.39 Å². The van der Waals surface area contributed by atoms with Crippen molar-refractivity contribution >= 4 is 16.7 Å². The van der Waals surface area contributed by atoms with Gasteiger partial charge >= 0.3 is 0 Å². The topological polar surface area (TPSA) is 64.7 Å². The predicted molar refractivity (Wildman–Crippen MR) is 67.1 cm³/mol. The summed E-state index contributed by atoms with van der Waals surface area (Å²) in [6.07, 6.45) is 4.67. The molecule has 2 aromatic heterocycles. The van der Waals surface area contributed by atoms with Gasteiger partial charge in [-0.3, -0.25) is 9.97 Å². The van der Waals surface area contributed by atoms with Crippen molar-refractivity contribution in [3.05, 3.63) is 48.8 Å². The minimum absolute atomic E-state index is 0.516. The van der Waals surface area contributed by atoms with Crippen molar-refractivity contribution in [2.75, 3.05) is 5.73 Å². The smallest absolute Gasteiger partial charge is 0.212 e. The zero-order chi connectivity index (χ0) is 12.5. The van der Waals surface area contributed by atoms with Gasteiger partial charge in [-0.25, -0.2) is 4.98 Å². The predicted octanol–water partition coefficient (Wildman–Crippen LogP) is 2.41. The largest absolute Gasteiger partial charge is 0.399 e. The zero-order valence-corrected chi connectivity index (χ0v) is 9.34. The molecule has 0 spiro atoms. The van der Waals surface area contributed by atoms with Crippen LogP contribution in [0, 0.1) is 5.95 Å². The van der Waals surface area contributed by atoms with Crippen molar-refractivity contribution in [1.29, 1.82) is 0 Å². The second-order valence-corrected chi connectivity index (χ2v) is 3.86. The maximum atomic E-state index is 12.8. The van der Waals surface area contributed by atoms with Gasteiger partial charge in [-0.15, -0.1) is 0 Å². The van der Waals surface area contributed by atoms with E-state index >= 15 is 0 Å². The van der Waals surface area contributed by atoms with Crippen LogP contribution < -0.4 is 5.73 Å². The Balaban J connectivity index is 2.31. The number of anilines is 1. The van der Waals surface area contributed by atoms with Crippen LogP contribution in [-0.4, -0.2) is 15.0 Å². The summed E-state index contributed by atoms with van der Waals surface area (Å²) in [5.41, 5.74) is 9.40. The van der Waals surface area contributed by atoms with Crippen LogP contribution in [0.1, 0.15) is 0 Å². The fourth-order valence-corrected chi connectivity index (χ4v) is 1.85. The van der Waals surface area contributed by atoms with Crippen LogP contribution in [-0.2, 0) is 0 Å². The Labute approximate surface area is 102 Å². The molecule has 0 aliphatic heterocycles. The van der Waals surface area contributed by atoms with Gasteiger partial charge < -0.3 is 5.73 Å². The van der Waals surface area contributed by atoms with Gasteiger partial charge in [-0.05, 0) is 24.3 Å². The Kier molecular flexibility index (Phi) is 2.37. The average Bonchev–Trinajstić information content (AvgIpc) is 2.38. The van der Waals surface area contributed by atoms with Crippen LogP contribution in [0.4, 0.5) is 10.1 Å². The molecule has 0 radical (unpaired) electrons. The number of nitrogens with zero attached hydrogens (tertiary/aromatic N) is 3. The Bertz CT molecular complexity index is 710. The van der Waals surface area contributed by atoms with Gasteiger partial charge in [0.1, 0.15) is 0 Å². The second kappa shape index (κ2) is 4.03. The summed E-state index contributed by atoms with van der Waals surface area (Å²) in [6, 6.07) is 6.49. The molecule has 18 heavy (non-hydrogen) atoms. The van der Waals surface area contributed by atoms with Crippen molar-refractivity contribution in [1.82, 2.24) is 15.0 Å². The maximum Gasteiger partial charge on any atom is 0.212 e. The zero-order valence-electron chi connectivity index (χ0n) is 9.34. The third-order valence-electron chi connectivity index (χ3n) is 2.63. The highest BCUT2D eigenvalue weighted by atomic mass is 19.1. The Hall–Kier alpha value is -2.56. The van der Waals surface area contributed by atoms with Crippen LogP contribution in [0.15, 0.2) is 42.9 Å². The van der Waals surface area contributed by atoms with Gasteiger partial charge in [-0.1, -0.05) is 0 Å². The molecule has 5 heteroatoms. The number of halogens is 1. The molecule has 0 saturated carbocycles. The van der Waals surface area contributed by atoms with Crippen LogP contribution in [0.25, 0.3) is 22.2 Å². The van der Waals surface area contributed by atoms with Gasteiger partial charge in [0.2, 0.25) is 5.95 Å². The van der Waals surface area contributed by atoms with E-state index in [0.717, 1.165) is 16.6 Å². The third kappa shape index (κ3) is 1.75. The Morgan fingerprint density at radius 3 is 2.61 bits per heavy atom. The van der Waals surface area contributed by atoms with Crippen molar-refractivity contribution < 1.29 is 4.39 Å². The fourth-order valence-electron chi connectivity index (χ4n) is 1.85. The quantitative estimate of drug-likeness (QED) is 0.524. The van der Waals surface area contributed by atoms with Crippen molar-refractivity contribution in [3.8, 4) is 11.1 Å². The Morgan fingerprint density at radius 2 is 1.83 bits per heavy atom. The van der Waals surface area contributed by atoms with E-state index in [1.165, 1.54) is 12.3 Å². The maximum absolute atomic E-state index is 12.8. The molecule has 3 rings (SSSR count). The summed E-state index contributed by atoms with van der Waals surface area (Å²) < 4.78 is 12.8. The second-order valence-electron chi connectivity index (χ2n) is 3.86. The molecule has 0 unspecified atom stereocenters. The first-order valence-corrected chi connectivity index (χ1v) is 5.36. The molecule has 0 saturated heterocycles. The monoisotopic (exact) mass is 240 g/mol. The molecule has 3 aromatic rings. The molecular formula is C13H9FN4. The molecule has 1 aromatic carbocycles. The minimum atomic E-state index is -0.516. The first-order valence-electron chi connectivity index (χ1n) is 5.36. The van der Waals surface area contributed by atoms with Gasteiger partial charge in [0.15, 0.2) is 0 Å². The third-order valence-corrected chi connectivity index (χ3v) is 2.63. The van der Waals surface area contributed by atoms with Crippen molar-refractivity contribution in [2.24, 2.45) is 0 Å². The summed E-state index contributed by atoms with van der Waals surface area (Å²) in [7, 11) is 0. The molecule has 0 atom stereocenters. The lowest BCUT2D eigenvalue weighted by atomic mass is 10.0. The van der Waals surface area contributed by atoms with Crippen LogP contribution in [0.5, 0.6) is 0 Å².